The average molecular weight is 592 g/mol. The van der Waals surface area contributed by atoms with Crippen molar-refractivity contribution in [3.63, 3.8) is 0 Å². The Morgan fingerprint density at radius 1 is 1.12 bits per heavy atom. The highest BCUT2D eigenvalue weighted by Crippen LogP contribution is 2.46. The van der Waals surface area contributed by atoms with Crippen LogP contribution in [0.25, 0.3) is 31.9 Å². The third-order valence-corrected chi connectivity index (χ3v) is 9.22. The number of ether oxygens (including phenoxy) is 1. The number of hydrogen-bond acceptors (Lipinski definition) is 8. The summed E-state index contributed by atoms with van der Waals surface area (Å²) < 4.78 is 6.72. The molecule has 0 bridgehead atoms. The molecule has 0 radical (unpaired) electrons. The minimum absolute atomic E-state index is 0.0364. The van der Waals surface area contributed by atoms with Crippen molar-refractivity contribution in [3.8, 4) is 21.7 Å². The molecule has 0 unspecified atom stereocenters. The summed E-state index contributed by atoms with van der Waals surface area (Å²) >= 11 is 3.16. The second-order valence-corrected chi connectivity index (χ2v) is 13.5. The molecule has 0 fully saturated rings. The summed E-state index contributed by atoms with van der Waals surface area (Å²) in [5.41, 5.74) is 4.65. The fourth-order valence-electron chi connectivity index (χ4n) is 4.72. The molecule has 0 saturated heterocycles. The Morgan fingerprint density at radius 3 is 2.63 bits per heavy atom. The number of rotatable bonds is 8. The molecule has 3 aromatic heterocycles. The number of carbonyl (C=O) groups is 2. The lowest BCUT2D eigenvalue weighted by Crippen LogP contribution is -2.39. The van der Waals surface area contributed by atoms with Crippen molar-refractivity contribution in [2.75, 3.05) is 18.4 Å². The summed E-state index contributed by atoms with van der Waals surface area (Å²) in [5, 5.41) is 8.25. The van der Waals surface area contributed by atoms with Gasteiger partial charge in [0.1, 0.15) is 15.6 Å². The minimum atomic E-state index is -0.559. The number of amides is 2. The van der Waals surface area contributed by atoms with E-state index in [0.717, 1.165) is 53.8 Å². The van der Waals surface area contributed by atoms with Gasteiger partial charge in [0.15, 0.2) is 0 Å². The van der Waals surface area contributed by atoms with Gasteiger partial charge in [-0.15, -0.1) is 22.7 Å². The van der Waals surface area contributed by atoms with Gasteiger partial charge in [0, 0.05) is 48.4 Å². The Kier molecular flexibility index (Phi) is 8.72. The SMILES string of the molecule is CC[C@H](C)NCCC(=O)Nc1sc2c(c1-c1nc3cc(-c4ccncc4)ccc3s1)CCN(C(=O)OC(C)(C)C)C2. The third-order valence-electron chi connectivity index (χ3n) is 7.03. The molecule has 5 rings (SSSR count). The Bertz CT molecular complexity index is 1540. The van der Waals surface area contributed by atoms with Crippen molar-refractivity contribution < 1.29 is 14.3 Å². The number of pyridine rings is 1. The van der Waals surface area contributed by atoms with Crippen LogP contribution in [0.4, 0.5) is 9.80 Å². The Hall–Kier alpha value is -3.34. The van der Waals surface area contributed by atoms with Gasteiger partial charge in [0.05, 0.1) is 16.8 Å². The number of benzene rings is 1. The molecule has 0 spiro atoms. The smallest absolute Gasteiger partial charge is 0.410 e. The molecule has 216 valence electrons. The number of carbonyl (C=O) groups excluding carboxylic acids is 2. The van der Waals surface area contributed by atoms with Gasteiger partial charge in [-0.25, -0.2) is 9.78 Å². The largest absolute Gasteiger partial charge is 0.444 e. The van der Waals surface area contributed by atoms with Crippen LogP contribution in [0.3, 0.4) is 0 Å². The maximum Gasteiger partial charge on any atom is 0.410 e. The van der Waals surface area contributed by atoms with Crippen molar-refractivity contribution >= 4 is 49.9 Å². The summed E-state index contributed by atoms with van der Waals surface area (Å²) in [6.07, 6.45) is 5.33. The van der Waals surface area contributed by atoms with Gasteiger partial charge < -0.3 is 20.3 Å². The summed E-state index contributed by atoms with van der Waals surface area (Å²) in [4.78, 5) is 37.9. The van der Waals surface area contributed by atoms with Gasteiger partial charge in [-0.05, 0) is 81.5 Å². The van der Waals surface area contributed by atoms with E-state index in [1.54, 1.807) is 28.6 Å². The molecule has 41 heavy (non-hydrogen) atoms. The summed E-state index contributed by atoms with van der Waals surface area (Å²) in [6, 6.07) is 10.7. The molecular formula is C31H37N5O3S2. The molecule has 1 atom stereocenters. The van der Waals surface area contributed by atoms with Crippen LogP contribution < -0.4 is 10.6 Å². The number of nitrogens with zero attached hydrogens (tertiary/aromatic N) is 3. The van der Waals surface area contributed by atoms with Crippen LogP contribution >= 0.6 is 22.7 Å². The monoisotopic (exact) mass is 591 g/mol. The standard InChI is InChI=1S/C31H37N5O3S2/c1-6-19(2)33-15-11-26(37)35-29-27(22-12-16-36(18-25(22)41-29)30(38)39-31(3,4)5)28-34-23-17-21(7-8-24(23)40-28)20-9-13-32-14-10-20/h7-10,13-14,17,19,33H,6,11-12,15-16,18H2,1-5H3,(H,35,37)/t19-/m0/s1. The van der Waals surface area contributed by atoms with Gasteiger partial charge in [-0.2, -0.15) is 0 Å². The molecular weight excluding hydrogens is 555 g/mol. The number of thiophene rings is 1. The molecule has 1 aromatic carbocycles. The van der Waals surface area contributed by atoms with Crippen LogP contribution in [-0.4, -0.2) is 51.6 Å². The van der Waals surface area contributed by atoms with Crippen molar-refractivity contribution in [1.82, 2.24) is 20.2 Å². The van der Waals surface area contributed by atoms with Gasteiger partial charge in [0.25, 0.3) is 0 Å². The highest BCUT2D eigenvalue weighted by atomic mass is 32.1. The van der Waals surface area contributed by atoms with E-state index < -0.39 is 5.60 Å². The Labute approximate surface area is 249 Å². The normalized spacial score (nSPS) is 14.1. The fraction of sp³-hybridized carbons (Fsp3) is 0.419. The van der Waals surface area contributed by atoms with Crippen molar-refractivity contribution in [2.45, 2.75) is 72.1 Å². The number of nitrogens with one attached hydrogen (secondary N) is 2. The van der Waals surface area contributed by atoms with E-state index >= 15 is 0 Å². The van der Waals surface area contributed by atoms with Crippen LogP contribution in [0.5, 0.6) is 0 Å². The molecule has 1 aliphatic heterocycles. The maximum atomic E-state index is 13.0. The van der Waals surface area contributed by atoms with Crippen LogP contribution in [0.1, 0.15) is 57.9 Å². The van der Waals surface area contributed by atoms with E-state index in [-0.39, 0.29) is 12.0 Å². The van der Waals surface area contributed by atoms with Crippen LogP contribution in [0.15, 0.2) is 42.7 Å². The first-order valence-electron chi connectivity index (χ1n) is 14.1. The zero-order chi connectivity index (χ0) is 29.1. The van der Waals surface area contributed by atoms with E-state index in [2.05, 4.69) is 47.7 Å². The molecule has 10 heteroatoms. The lowest BCUT2D eigenvalue weighted by molar-refractivity contribution is -0.116. The highest BCUT2D eigenvalue weighted by Gasteiger charge is 2.31. The van der Waals surface area contributed by atoms with E-state index in [9.17, 15) is 9.59 Å². The second kappa shape index (κ2) is 12.3. The first-order chi connectivity index (χ1) is 19.6. The molecule has 8 nitrogen and oxygen atoms in total. The van der Waals surface area contributed by atoms with Gasteiger partial charge >= 0.3 is 6.09 Å². The van der Waals surface area contributed by atoms with E-state index in [4.69, 9.17) is 9.72 Å². The zero-order valence-electron chi connectivity index (χ0n) is 24.2. The number of anilines is 1. The van der Waals surface area contributed by atoms with Crippen molar-refractivity contribution in [3.05, 3.63) is 53.2 Å². The van der Waals surface area contributed by atoms with Gasteiger partial charge in [-0.3, -0.25) is 9.78 Å². The summed E-state index contributed by atoms with van der Waals surface area (Å²) in [5.74, 6) is -0.0364. The summed E-state index contributed by atoms with van der Waals surface area (Å²) in [7, 11) is 0. The lowest BCUT2D eigenvalue weighted by Gasteiger charge is -2.30. The molecule has 4 aromatic rings. The predicted molar refractivity (Wildman–Crippen MR) is 168 cm³/mol. The van der Waals surface area contributed by atoms with E-state index in [0.29, 0.717) is 38.5 Å². The highest BCUT2D eigenvalue weighted by molar-refractivity contribution is 7.23. The molecule has 2 amide bonds. The third kappa shape index (κ3) is 6.94. The van der Waals surface area contributed by atoms with Crippen molar-refractivity contribution in [1.29, 1.82) is 0 Å². The number of aromatic nitrogens is 2. The Morgan fingerprint density at radius 2 is 1.90 bits per heavy atom. The molecule has 4 heterocycles. The van der Waals surface area contributed by atoms with E-state index in [1.165, 1.54) is 11.3 Å². The number of hydrogen-bond donors (Lipinski definition) is 2. The maximum absolute atomic E-state index is 13.0. The van der Waals surface area contributed by atoms with Crippen LogP contribution in [0, 0.1) is 0 Å². The van der Waals surface area contributed by atoms with Crippen molar-refractivity contribution in [2.24, 2.45) is 0 Å². The number of fused-ring (bicyclic) bond motifs is 2. The fourth-order valence-corrected chi connectivity index (χ4v) is 7.09. The second-order valence-electron chi connectivity index (χ2n) is 11.4. The van der Waals surface area contributed by atoms with Gasteiger partial charge in [0.2, 0.25) is 5.91 Å². The summed E-state index contributed by atoms with van der Waals surface area (Å²) in [6.45, 7) is 11.5. The number of thiazole rings is 1. The van der Waals surface area contributed by atoms with Crippen LogP contribution in [0.2, 0.25) is 0 Å². The quantitative estimate of drug-likeness (QED) is 0.227. The lowest BCUT2D eigenvalue weighted by atomic mass is 10.0. The molecule has 0 aliphatic carbocycles. The average Bonchev–Trinajstić information content (AvgIpc) is 3.51. The minimum Gasteiger partial charge on any atom is -0.444 e. The topological polar surface area (TPSA) is 96.5 Å². The van der Waals surface area contributed by atoms with Gasteiger partial charge in [-0.1, -0.05) is 13.0 Å². The Balaban J connectivity index is 1.46. The first-order valence-corrected chi connectivity index (χ1v) is 15.7. The van der Waals surface area contributed by atoms with E-state index in [1.807, 2.05) is 32.9 Å². The zero-order valence-corrected chi connectivity index (χ0v) is 25.9. The first kappa shape index (κ1) is 29.2. The molecule has 0 saturated carbocycles. The molecule has 2 N–H and O–H groups in total. The predicted octanol–water partition coefficient (Wildman–Crippen LogP) is 7.10. The van der Waals surface area contributed by atoms with Crippen LogP contribution in [-0.2, 0) is 22.5 Å². The molecule has 1 aliphatic rings.